The van der Waals surface area contributed by atoms with Crippen molar-refractivity contribution in [2.45, 2.75) is 25.9 Å². The molecule has 5 nitrogen and oxygen atoms in total. The normalized spacial score (nSPS) is 15.9. The summed E-state index contributed by atoms with van der Waals surface area (Å²) < 4.78 is 5.77. The smallest absolute Gasteiger partial charge is 0.271 e. The first-order valence-corrected chi connectivity index (χ1v) is 8.86. The van der Waals surface area contributed by atoms with Crippen molar-refractivity contribution < 1.29 is 14.4 Å². The molecule has 136 valence electrons. The highest BCUT2D eigenvalue weighted by atomic mass is 16.6. The van der Waals surface area contributed by atoms with Crippen molar-refractivity contribution in [3.63, 3.8) is 0 Å². The minimum atomic E-state index is -0.173. The number of hydrogen-bond donors (Lipinski definition) is 0. The standard InChI is InChI=1S/C21H24N2O3/c1-16-9-6-7-12-19(16)25-14-8-13-23(2)21(24)18-15-20(26-22-18)17-10-4-3-5-11-17/h3-7,9-12,20H,8,13-15H2,1-2H3. The Morgan fingerprint density at radius 1 is 1.19 bits per heavy atom. The number of hydrogen-bond acceptors (Lipinski definition) is 4. The van der Waals surface area contributed by atoms with Crippen LogP contribution in [0.25, 0.3) is 0 Å². The van der Waals surface area contributed by atoms with Crippen molar-refractivity contribution in [2.75, 3.05) is 20.2 Å². The number of ether oxygens (including phenoxy) is 1. The molecule has 2 aromatic carbocycles. The Balaban J connectivity index is 1.43. The summed E-state index contributed by atoms with van der Waals surface area (Å²) in [7, 11) is 1.79. The highest BCUT2D eigenvalue weighted by Crippen LogP contribution is 2.27. The quantitative estimate of drug-likeness (QED) is 0.713. The predicted octanol–water partition coefficient (Wildman–Crippen LogP) is 3.74. The van der Waals surface area contributed by atoms with Gasteiger partial charge in [-0.2, -0.15) is 0 Å². The molecule has 26 heavy (non-hydrogen) atoms. The fraction of sp³-hybridized carbons (Fsp3) is 0.333. The van der Waals surface area contributed by atoms with Gasteiger partial charge >= 0.3 is 0 Å². The lowest BCUT2D eigenvalue weighted by Gasteiger charge is -2.17. The number of aryl methyl sites for hydroxylation is 1. The van der Waals surface area contributed by atoms with Crippen LogP contribution in [0.4, 0.5) is 0 Å². The second-order valence-corrected chi connectivity index (χ2v) is 6.44. The lowest BCUT2D eigenvalue weighted by atomic mass is 10.0. The number of carbonyl (C=O) groups excluding carboxylic acids is 1. The Kier molecular flexibility index (Phi) is 5.89. The third-order valence-corrected chi connectivity index (χ3v) is 4.42. The Morgan fingerprint density at radius 3 is 2.69 bits per heavy atom. The van der Waals surface area contributed by atoms with Gasteiger partial charge in [0.1, 0.15) is 11.5 Å². The summed E-state index contributed by atoms with van der Waals surface area (Å²) in [6.45, 7) is 3.20. The van der Waals surface area contributed by atoms with Crippen LogP contribution in [0.3, 0.4) is 0 Å². The molecule has 3 rings (SSSR count). The SMILES string of the molecule is Cc1ccccc1OCCCN(C)C(=O)C1=NOC(c2ccccc2)C1. The first-order chi connectivity index (χ1) is 12.6. The van der Waals surface area contributed by atoms with E-state index in [9.17, 15) is 4.79 Å². The molecule has 1 atom stereocenters. The maximum Gasteiger partial charge on any atom is 0.271 e. The van der Waals surface area contributed by atoms with Crippen LogP contribution in [0.1, 0.15) is 30.1 Å². The Morgan fingerprint density at radius 2 is 1.92 bits per heavy atom. The summed E-state index contributed by atoms with van der Waals surface area (Å²) in [6.07, 6.45) is 1.09. The van der Waals surface area contributed by atoms with Crippen molar-refractivity contribution in [3.05, 3.63) is 65.7 Å². The zero-order valence-electron chi connectivity index (χ0n) is 15.2. The predicted molar refractivity (Wildman–Crippen MR) is 101 cm³/mol. The Bertz CT molecular complexity index is 774. The molecule has 0 saturated heterocycles. The summed E-state index contributed by atoms with van der Waals surface area (Å²) in [5.41, 5.74) is 2.62. The molecule has 0 spiro atoms. The zero-order chi connectivity index (χ0) is 18.4. The molecule has 2 aromatic rings. The van der Waals surface area contributed by atoms with E-state index in [1.54, 1.807) is 11.9 Å². The van der Waals surface area contributed by atoms with E-state index in [1.807, 2.05) is 61.5 Å². The lowest BCUT2D eigenvalue weighted by molar-refractivity contribution is -0.123. The summed E-state index contributed by atoms with van der Waals surface area (Å²) >= 11 is 0. The average molecular weight is 352 g/mol. The Labute approximate surface area is 154 Å². The van der Waals surface area contributed by atoms with E-state index < -0.39 is 0 Å². The maximum atomic E-state index is 12.5. The number of carbonyl (C=O) groups is 1. The van der Waals surface area contributed by atoms with E-state index in [-0.39, 0.29) is 12.0 Å². The molecule has 0 N–H and O–H groups in total. The number of amides is 1. The summed E-state index contributed by atoms with van der Waals surface area (Å²) in [5, 5.41) is 4.00. The minimum absolute atomic E-state index is 0.0840. The van der Waals surface area contributed by atoms with Gasteiger partial charge in [0.25, 0.3) is 5.91 Å². The third-order valence-electron chi connectivity index (χ3n) is 4.42. The van der Waals surface area contributed by atoms with Gasteiger partial charge in [-0.15, -0.1) is 0 Å². The van der Waals surface area contributed by atoms with Crippen LogP contribution in [0.2, 0.25) is 0 Å². The highest BCUT2D eigenvalue weighted by Gasteiger charge is 2.28. The minimum Gasteiger partial charge on any atom is -0.493 e. The van der Waals surface area contributed by atoms with Crippen LogP contribution in [0, 0.1) is 6.92 Å². The van der Waals surface area contributed by atoms with Crippen LogP contribution >= 0.6 is 0 Å². The Hall–Kier alpha value is -2.82. The molecule has 0 aromatic heterocycles. The first-order valence-electron chi connectivity index (χ1n) is 8.86. The van der Waals surface area contributed by atoms with E-state index in [1.165, 1.54) is 0 Å². The van der Waals surface area contributed by atoms with Crippen LogP contribution in [-0.4, -0.2) is 36.7 Å². The van der Waals surface area contributed by atoms with E-state index in [0.717, 1.165) is 23.3 Å². The molecular weight excluding hydrogens is 328 g/mol. The van der Waals surface area contributed by atoms with Crippen LogP contribution in [0.15, 0.2) is 59.8 Å². The van der Waals surface area contributed by atoms with Crippen LogP contribution in [-0.2, 0) is 9.63 Å². The van der Waals surface area contributed by atoms with Crippen LogP contribution in [0.5, 0.6) is 5.75 Å². The molecule has 0 saturated carbocycles. The van der Waals surface area contributed by atoms with Crippen molar-refractivity contribution >= 4 is 11.6 Å². The molecule has 1 unspecified atom stereocenters. The summed E-state index contributed by atoms with van der Waals surface area (Å²) in [5.74, 6) is 0.806. The molecule has 0 radical (unpaired) electrons. The fourth-order valence-electron chi connectivity index (χ4n) is 2.87. The molecule has 5 heteroatoms. The van der Waals surface area contributed by atoms with E-state index >= 15 is 0 Å². The molecular formula is C21H24N2O3. The molecule has 1 aliphatic heterocycles. The average Bonchev–Trinajstić information content (AvgIpc) is 3.16. The number of nitrogens with zero attached hydrogens (tertiary/aromatic N) is 2. The van der Waals surface area contributed by atoms with Gasteiger partial charge in [0.05, 0.1) is 6.61 Å². The number of oxime groups is 1. The van der Waals surface area contributed by atoms with Crippen molar-refractivity contribution in [2.24, 2.45) is 5.16 Å². The van der Waals surface area contributed by atoms with Crippen molar-refractivity contribution in [1.29, 1.82) is 0 Å². The second-order valence-electron chi connectivity index (χ2n) is 6.44. The van der Waals surface area contributed by atoms with Gasteiger partial charge in [0.15, 0.2) is 6.10 Å². The van der Waals surface area contributed by atoms with Crippen molar-refractivity contribution in [1.82, 2.24) is 4.90 Å². The number of rotatable bonds is 7. The fourth-order valence-corrected chi connectivity index (χ4v) is 2.87. The van der Waals surface area contributed by atoms with Gasteiger partial charge in [-0.1, -0.05) is 53.7 Å². The lowest BCUT2D eigenvalue weighted by Crippen LogP contribution is -2.34. The molecule has 0 aliphatic carbocycles. The summed E-state index contributed by atoms with van der Waals surface area (Å²) in [4.78, 5) is 19.6. The zero-order valence-corrected chi connectivity index (χ0v) is 15.2. The summed E-state index contributed by atoms with van der Waals surface area (Å²) in [6, 6.07) is 17.8. The first kappa shape index (κ1) is 18.0. The van der Waals surface area contributed by atoms with Gasteiger partial charge in [-0.25, -0.2) is 0 Å². The molecule has 1 amide bonds. The van der Waals surface area contributed by atoms with Gasteiger partial charge in [0.2, 0.25) is 0 Å². The number of para-hydroxylation sites is 1. The van der Waals surface area contributed by atoms with Crippen LogP contribution < -0.4 is 4.74 Å². The van der Waals surface area contributed by atoms with Gasteiger partial charge in [-0.05, 0) is 30.5 Å². The molecule has 0 fully saturated rings. The van der Waals surface area contributed by atoms with E-state index in [4.69, 9.17) is 9.57 Å². The van der Waals surface area contributed by atoms with E-state index in [0.29, 0.717) is 25.3 Å². The van der Waals surface area contributed by atoms with Gasteiger partial charge in [0, 0.05) is 20.0 Å². The van der Waals surface area contributed by atoms with Gasteiger partial charge < -0.3 is 14.5 Å². The monoisotopic (exact) mass is 352 g/mol. The third kappa shape index (κ3) is 4.42. The highest BCUT2D eigenvalue weighted by molar-refractivity contribution is 6.39. The number of benzene rings is 2. The van der Waals surface area contributed by atoms with Gasteiger partial charge in [-0.3, -0.25) is 4.79 Å². The molecule has 1 heterocycles. The molecule has 0 bridgehead atoms. The largest absolute Gasteiger partial charge is 0.493 e. The topological polar surface area (TPSA) is 51.1 Å². The van der Waals surface area contributed by atoms with Crippen molar-refractivity contribution in [3.8, 4) is 5.75 Å². The maximum absolute atomic E-state index is 12.5. The molecule has 1 aliphatic rings. The van der Waals surface area contributed by atoms with E-state index in [2.05, 4.69) is 5.16 Å². The second kappa shape index (κ2) is 8.52.